The average Bonchev–Trinajstić information content (AvgIpc) is 3.16. The van der Waals surface area contributed by atoms with Gasteiger partial charge in [-0.3, -0.25) is 4.79 Å². The molecule has 0 spiro atoms. The lowest BCUT2D eigenvalue weighted by Crippen LogP contribution is -2.33. The molecule has 1 aromatic carbocycles. The van der Waals surface area contributed by atoms with Crippen LogP contribution >= 0.6 is 0 Å². The monoisotopic (exact) mass is 291 g/mol. The van der Waals surface area contributed by atoms with E-state index in [0.717, 1.165) is 6.42 Å². The lowest BCUT2D eigenvalue weighted by Gasteiger charge is -2.16. The van der Waals surface area contributed by atoms with Crippen LogP contribution in [0.4, 0.5) is 4.39 Å². The van der Waals surface area contributed by atoms with Crippen molar-refractivity contribution in [3.05, 3.63) is 42.3 Å². The fourth-order valence-corrected chi connectivity index (χ4v) is 2.35. The van der Waals surface area contributed by atoms with E-state index in [0.29, 0.717) is 18.9 Å². The number of para-hydroxylation sites is 1. The summed E-state index contributed by atoms with van der Waals surface area (Å²) in [6.07, 6.45) is 2.06. The van der Waals surface area contributed by atoms with E-state index in [1.807, 2.05) is 0 Å². The third-order valence-corrected chi connectivity index (χ3v) is 3.47. The summed E-state index contributed by atoms with van der Waals surface area (Å²) in [7, 11) is 0. The molecule has 0 N–H and O–H groups in total. The molecular weight excluding hydrogens is 277 g/mol. The normalized spacial score (nSPS) is 18.0. The third kappa shape index (κ3) is 3.01. The first-order valence-electron chi connectivity index (χ1n) is 6.65. The Morgan fingerprint density at radius 3 is 3.10 bits per heavy atom. The van der Waals surface area contributed by atoms with Crippen LogP contribution in [0, 0.1) is 5.82 Å². The molecule has 1 fully saturated rings. The lowest BCUT2D eigenvalue weighted by molar-refractivity contribution is -0.132. The van der Waals surface area contributed by atoms with Gasteiger partial charge in [0.05, 0.1) is 0 Å². The van der Waals surface area contributed by atoms with Crippen molar-refractivity contribution in [3.63, 3.8) is 0 Å². The zero-order valence-electron chi connectivity index (χ0n) is 11.2. The van der Waals surface area contributed by atoms with E-state index in [9.17, 15) is 9.18 Å². The Morgan fingerprint density at radius 1 is 1.48 bits per heavy atom. The molecule has 0 saturated carbocycles. The van der Waals surface area contributed by atoms with Crippen LogP contribution in [0.3, 0.4) is 0 Å². The standard InChI is InChI=1S/C14H14FN3O3/c15-11-3-1-2-4-12(11)20-8-13(19)18-6-5-10(7-18)14-16-9-21-17-14/h1-4,9-10H,5-8H2. The Hall–Kier alpha value is -2.44. The number of likely N-dealkylation sites (tertiary alicyclic amines) is 1. The molecular formula is C14H14FN3O3. The number of halogens is 1. The molecule has 0 radical (unpaired) electrons. The minimum absolute atomic E-state index is 0.0831. The second-order valence-corrected chi connectivity index (χ2v) is 4.83. The molecule has 110 valence electrons. The molecule has 0 bridgehead atoms. The predicted molar refractivity (Wildman–Crippen MR) is 70.1 cm³/mol. The maximum Gasteiger partial charge on any atom is 0.260 e. The predicted octanol–water partition coefficient (Wildman–Crippen LogP) is 1.60. The largest absolute Gasteiger partial charge is 0.481 e. The van der Waals surface area contributed by atoms with Crippen molar-refractivity contribution in [3.8, 4) is 5.75 Å². The number of benzene rings is 1. The minimum Gasteiger partial charge on any atom is -0.481 e. The van der Waals surface area contributed by atoms with Crippen molar-refractivity contribution in [1.29, 1.82) is 0 Å². The highest BCUT2D eigenvalue weighted by Gasteiger charge is 2.30. The Balaban J connectivity index is 1.54. The molecule has 1 aliphatic heterocycles. The summed E-state index contributed by atoms with van der Waals surface area (Å²) in [5.41, 5.74) is 0. The van der Waals surface area contributed by atoms with Crippen LogP contribution in [0.15, 0.2) is 35.2 Å². The molecule has 2 aromatic rings. The van der Waals surface area contributed by atoms with Crippen LogP contribution in [-0.2, 0) is 4.79 Å². The van der Waals surface area contributed by atoms with Gasteiger partial charge in [-0.15, -0.1) is 0 Å². The third-order valence-electron chi connectivity index (χ3n) is 3.47. The Labute approximate surface area is 120 Å². The molecule has 1 saturated heterocycles. The highest BCUT2D eigenvalue weighted by atomic mass is 19.1. The summed E-state index contributed by atoms with van der Waals surface area (Å²) >= 11 is 0. The first-order chi connectivity index (χ1) is 10.2. The van der Waals surface area contributed by atoms with E-state index in [1.54, 1.807) is 17.0 Å². The Morgan fingerprint density at radius 2 is 2.33 bits per heavy atom. The van der Waals surface area contributed by atoms with E-state index >= 15 is 0 Å². The zero-order valence-corrected chi connectivity index (χ0v) is 11.2. The number of hydrogen-bond donors (Lipinski definition) is 0. The van der Waals surface area contributed by atoms with Gasteiger partial charge in [0.1, 0.15) is 0 Å². The first-order valence-corrected chi connectivity index (χ1v) is 6.65. The van der Waals surface area contributed by atoms with Gasteiger partial charge in [-0.05, 0) is 18.6 Å². The number of carbonyl (C=O) groups is 1. The van der Waals surface area contributed by atoms with E-state index in [4.69, 9.17) is 9.26 Å². The molecule has 6 nitrogen and oxygen atoms in total. The maximum atomic E-state index is 13.4. The molecule has 1 aliphatic rings. The second kappa shape index (κ2) is 5.90. The molecule has 0 aliphatic carbocycles. The smallest absolute Gasteiger partial charge is 0.260 e. The molecule has 1 atom stereocenters. The summed E-state index contributed by atoms with van der Waals surface area (Å²) < 4.78 is 23.3. The fraction of sp³-hybridized carbons (Fsp3) is 0.357. The number of amides is 1. The summed E-state index contributed by atoms with van der Waals surface area (Å²) in [5.74, 6) is 0.127. The summed E-state index contributed by atoms with van der Waals surface area (Å²) in [5, 5.41) is 3.79. The number of aromatic nitrogens is 2. The summed E-state index contributed by atoms with van der Waals surface area (Å²) in [4.78, 5) is 17.7. The molecule has 2 heterocycles. The van der Waals surface area contributed by atoms with Crippen molar-refractivity contribution in [2.24, 2.45) is 0 Å². The van der Waals surface area contributed by atoms with Gasteiger partial charge in [0.2, 0.25) is 6.39 Å². The van der Waals surface area contributed by atoms with Crippen molar-refractivity contribution in [2.45, 2.75) is 12.3 Å². The first kappa shape index (κ1) is 13.5. The SMILES string of the molecule is O=C(COc1ccccc1F)N1CCC(c2ncon2)C1. The van der Waals surface area contributed by atoms with Gasteiger partial charge >= 0.3 is 0 Å². The lowest BCUT2D eigenvalue weighted by atomic mass is 10.1. The van der Waals surface area contributed by atoms with E-state index < -0.39 is 5.82 Å². The van der Waals surface area contributed by atoms with Gasteiger partial charge in [0.15, 0.2) is 24.0 Å². The van der Waals surface area contributed by atoms with Crippen molar-refractivity contribution in [1.82, 2.24) is 15.0 Å². The van der Waals surface area contributed by atoms with E-state index in [1.165, 1.54) is 18.5 Å². The van der Waals surface area contributed by atoms with Gasteiger partial charge < -0.3 is 14.2 Å². The van der Waals surface area contributed by atoms with Crippen LogP contribution in [0.25, 0.3) is 0 Å². The number of nitrogens with zero attached hydrogens (tertiary/aromatic N) is 3. The topological polar surface area (TPSA) is 68.5 Å². The van der Waals surface area contributed by atoms with E-state index in [2.05, 4.69) is 10.1 Å². The summed E-state index contributed by atoms with van der Waals surface area (Å²) in [6.45, 7) is 0.956. The number of hydrogen-bond acceptors (Lipinski definition) is 5. The number of carbonyl (C=O) groups excluding carboxylic acids is 1. The number of ether oxygens (including phenoxy) is 1. The molecule has 1 aromatic heterocycles. The molecule has 7 heteroatoms. The quantitative estimate of drug-likeness (QED) is 0.856. The van der Waals surface area contributed by atoms with Gasteiger partial charge in [0, 0.05) is 19.0 Å². The molecule has 21 heavy (non-hydrogen) atoms. The van der Waals surface area contributed by atoms with Gasteiger partial charge in [-0.2, -0.15) is 4.98 Å². The fourth-order valence-electron chi connectivity index (χ4n) is 2.35. The van der Waals surface area contributed by atoms with Crippen molar-refractivity contribution >= 4 is 5.91 Å². The van der Waals surface area contributed by atoms with Gasteiger partial charge in [-0.1, -0.05) is 17.3 Å². The van der Waals surface area contributed by atoms with Crippen LogP contribution in [-0.4, -0.2) is 40.6 Å². The Bertz CT molecular complexity index is 618. The van der Waals surface area contributed by atoms with E-state index in [-0.39, 0.29) is 24.2 Å². The average molecular weight is 291 g/mol. The maximum absolute atomic E-state index is 13.4. The van der Waals surface area contributed by atoms with Crippen LogP contribution in [0.1, 0.15) is 18.2 Å². The van der Waals surface area contributed by atoms with Gasteiger partial charge in [0.25, 0.3) is 5.91 Å². The van der Waals surface area contributed by atoms with Crippen molar-refractivity contribution < 1.29 is 18.4 Å². The van der Waals surface area contributed by atoms with Gasteiger partial charge in [-0.25, -0.2) is 4.39 Å². The minimum atomic E-state index is -0.476. The van der Waals surface area contributed by atoms with Crippen LogP contribution < -0.4 is 4.74 Å². The number of rotatable bonds is 4. The molecule has 1 amide bonds. The summed E-state index contributed by atoms with van der Waals surface area (Å²) in [6, 6.07) is 6.02. The Kier molecular flexibility index (Phi) is 3.81. The van der Waals surface area contributed by atoms with Crippen molar-refractivity contribution in [2.75, 3.05) is 19.7 Å². The highest BCUT2D eigenvalue weighted by Crippen LogP contribution is 2.24. The molecule has 1 unspecified atom stereocenters. The molecule has 3 rings (SSSR count). The zero-order chi connectivity index (χ0) is 14.7. The highest BCUT2D eigenvalue weighted by molar-refractivity contribution is 5.78. The van der Waals surface area contributed by atoms with Crippen LogP contribution in [0.2, 0.25) is 0 Å². The second-order valence-electron chi connectivity index (χ2n) is 4.83. The van der Waals surface area contributed by atoms with Crippen LogP contribution in [0.5, 0.6) is 5.75 Å².